The van der Waals surface area contributed by atoms with Crippen molar-refractivity contribution in [2.45, 2.75) is 18.7 Å². The van der Waals surface area contributed by atoms with Crippen molar-refractivity contribution >= 4 is 5.91 Å². The lowest BCUT2D eigenvalue weighted by atomic mass is 10.0. The van der Waals surface area contributed by atoms with E-state index in [4.69, 9.17) is 4.74 Å². The van der Waals surface area contributed by atoms with Gasteiger partial charge in [0, 0.05) is 41.1 Å². The topological polar surface area (TPSA) is 64.1 Å². The molecule has 9 heteroatoms. The van der Waals surface area contributed by atoms with Crippen LogP contribution in [0.3, 0.4) is 0 Å². The van der Waals surface area contributed by atoms with Crippen LogP contribution < -0.4 is 10.1 Å². The highest BCUT2D eigenvalue weighted by Crippen LogP contribution is 2.39. The van der Waals surface area contributed by atoms with Gasteiger partial charge in [0.2, 0.25) is 0 Å². The molecule has 2 heterocycles. The molecule has 154 valence electrons. The van der Waals surface area contributed by atoms with Gasteiger partial charge in [-0.15, -0.1) is 0 Å². The fourth-order valence-electron chi connectivity index (χ4n) is 3.28. The standard InChI is InChI=1S/C21H15F4N3O2/c22-16-5-13-6-17(30-19(13)18(7-16)14-8-26-11-27-9-14)10-28-20(29)12-1-3-15(4-2-12)21(23,24)25/h1-5,7-9,11,17H,6,10H2,(H,28,29)/t17-/m1/s1. The van der Waals surface area contributed by atoms with E-state index in [0.717, 1.165) is 24.3 Å². The second-order valence-corrected chi connectivity index (χ2v) is 6.80. The summed E-state index contributed by atoms with van der Waals surface area (Å²) in [5.41, 5.74) is 1.05. The Balaban J connectivity index is 1.44. The van der Waals surface area contributed by atoms with Crippen LogP contribution in [0.1, 0.15) is 21.5 Å². The zero-order valence-corrected chi connectivity index (χ0v) is 15.4. The summed E-state index contributed by atoms with van der Waals surface area (Å²) < 4.78 is 57.9. The van der Waals surface area contributed by atoms with Crippen LogP contribution >= 0.6 is 0 Å². The summed E-state index contributed by atoms with van der Waals surface area (Å²) in [5.74, 6) is -0.447. The second kappa shape index (κ2) is 7.74. The first-order valence-electron chi connectivity index (χ1n) is 9.01. The second-order valence-electron chi connectivity index (χ2n) is 6.80. The maximum atomic E-state index is 14.0. The smallest absolute Gasteiger partial charge is 0.416 e. The molecule has 0 fully saturated rings. The van der Waals surface area contributed by atoms with E-state index < -0.39 is 29.6 Å². The van der Waals surface area contributed by atoms with Crippen LogP contribution in [-0.2, 0) is 12.6 Å². The van der Waals surface area contributed by atoms with Gasteiger partial charge in [0.15, 0.2) is 0 Å². The van der Waals surface area contributed by atoms with Gasteiger partial charge < -0.3 is 10.1 Å². The summed E-state index contributed by atoms with van der Waals surface area (Å²) in [6.07, 6.45) is -0.0701. The molecule has 30 heavy (non-hydrogen) atoms. The van der Waals surface area contributed by atoms with Crippen LogP contribution in [0.4, 0.5) is 17.6 Å². The Kier molecular flexibility index (Phi) is 5.11. The van der Waals surface area contributed by atoms with Crippen LogP contribution in [0.2, 0.25) is 0 Å². The maximum absolute atomic E-state index is 14.0. The zero-order valence-electron chi connectivity index (χ0n) is 15.4. The molecule has 0 bridgehead atoms. The van der Waals surface area contributed by atoms with Crippen molar-refractivity contribution in [1.29, 1.82) is 0 Å². The fourth-order valence-corrected chi connectivity index (χ4v) is 3.28. The molecule has 5 nitrogen and oxygen atoms in total. The van der Waals surface area contributed by atoms with E-state index in [1.807, 2.05) is 0 Å². The molecule has 1 aliphatic rings. The molecule has 1 aliphatic heterocycles. The van der Waals surface area contributed by atoms with Crippen molar-refractivity contribution in [3.63, 3.8) is 0 Å². The molecular weight excluding hydrogens is 402 g/mol. The SMILES string of the molecule is O=C(NC[C@H]1Cc2cc(F)cc(-c3cncnc3)c2O1)c1ccc(C(F)(F)F)cc1. The van der Waals surface area contributed by atoms with Crippen LogP contribution in [0.25, 0.3) is 11.1 Å². The number of halogens is 4. The van der Waals surface area contributed by atoms with E-state index in [1.54, 1.807) is 12.4 Å². The number of benzene rings is 2. The summed E-state index contributed by atoms with van der Waals surface area (Å²) in [4.78, 5) is 20.1. The van der Waals surface area contributed by atoms with Gasteiger partial charge >= 0.3 is 6.18 Å². The van der Waals surface area contributed by atoms with E-state index in [2.05, 4.69) is 15.3 Å². The number of hydrogen-bond donors (Lipinski definition) is 1. The van der Waals surface area contributed by atoms with Crippen LogP contribution in [0.5, 0.6) is 5.75 Å². The number of ether oxygens (including phenoxy) is 1. The highest BCUT2D eigenvalue weighted by Gasteiger charge is 2.30. The summed E-state index contributed by atoms with van der Waals surface area (Å²) in [5, 5.41) is 2.64. The molecule has 1 atom stereocenters. The largest absolute Gasteiger partial charge is 0.487 e. The van der Waals surface area contributed by atoms with Gasteiger partial charge in [-0.3, -0.25) is 4.79 Å². The summed E-state index contributed by atoms with van der Waals surface area (Å²) in [6, 6.07) is 6.65. The third-order valence-electron chi connectivity index (χ3n) is 4.70. The third kappa shape index (κ3) is 4.10. The number of nitrogens with one attached hydrogen (secondary N) is 1. The molecule has 1 N–H and O–H groups in total. The minimum atomic E-state index is -4.46. The average Bonchev–Trinajstić information content (AvgIpc) is 3.14. The van der Waals surface area contributed by atoms with Crippen molar-refractivity contribution in [3.05, 3.63) is 77.6 Å². The number of rotatable bonds is 4. The molecule has 0 aliphatic carbocycles. The molecular formula is C21H15F4N3O2. The summed E-state index contributed by atoms with van der Waals surface area (Å²) in [7, 11) is 0. The lowest BCUT2D eigenvalue weighted by Crippen LogP contribution is -2.34. The van der Waals surface area contributed by atoms with Gasteiger partial charge in [0.25, 0.3) is 5.91 Å². The van der Waals surface area contributed by atoms with E-state index in [9.17, 15) is 22.4 Å². The number of hydrogen-bond acceptors (Lipinski definition) is 4. The predicted octanol–water partition coefficient (Wildman–Crippen LogP) is 4.04. The normalized spacial score (nSPS) is 15.4. The summed E-state index contributed by atoms with van der Waals surface area (Å²) in [6.45, 7) is 0.112. The Bertz CT molecular complexity index is 1070. The molecule has 3 aromatic rings. The van der Waals surface area contributed by atoms with Crippen molar-refractivity contribution in [1.82, 2.24) is 15.3 Å². The molecule has 2 aromatic carbocycles. The highest BCUT2D eigenvalue weighted by molar-refractivity contribution is 5.94. The highest BCUT2D eigenvalue weighted by atomic mass is 19.4. The lowest BCUT2D eigenvalue weighted by Gasteiger charge is -2.14. The minimum Gasteiger partial charge on any atom is -0.487 e. The first kappa shape index (κ1) is 19.8. The van der Waals surface area contributed by atoms with Gasteiger partial charge in [0.05, 0.1) is 12.1 Å². The minimum absolute atomic E-state index is 0.103. The Hall–Kier alpha value is -3.49. The number of aromatic nitrogens is 2. The number of carbonyl (C=O) groups excluding carboxylic acids is 1. The molecule has 0 radical (unpaired) electrons. The van der Waals surface area contributed by atoms with Crippen LogP contribution in [0, 0.1) is 5.82 Å². The van der Waals surface area contributed by atoms with Gasteiger partial charge in [-0.05, 0) is 36.4 Å². The monoisotopic (exact) mass is 417 g/mol. The van der Waals surface area contributed by atoms with E-state index >= 15 is 0 Å². The number of fused-ring (bicyclic) bond motifs is 1. The maximum Gasteiger partial charge on any atom is 0.416 e. The number of alkyl halides is 3. The average molecular weight is 417 g/mol. The van der Waals surface area contributed by atoms with Crippen molar-refractivity contribution in [2.24, 2.45) is 0 Å². The van der Waals surface area contributed by atoms with Crippen molar-refractivity contribution < 1.29 is 27.1 Å². The van der Waals surface area contributed by atoms with Crippen molar-refractivity contribution in [2.75, 3.05) is 6.54 Å². The lowest BCUT2D eigenvalue weighted by molar-refractivity contribution is -0.137. The molecule has 1 aromatic heterocycles. The summed E-state index contributed by atoms with van der Waals surface area (Å²) >= 11 is 0. The van der Waals surface area contributed by atoms with Gasteiger partial charge in [0.1, 0.15) is 24.0 Å². The van der Waals surface area contributed by atoms with Crippen LogP contribution in [-0.4, -0.2) is 28.5 Å². The Morgan fingerprint density at radius 2 is 1.83 bits per heavy atom. The number of amides is 1. The Morgan fingerprint density at radius 3 is 2.50 bits per heavy atom. The van der Waals surface area contributed by atoms with E-state index in [0.29, 0.717) is 28.9 Å². The van der Waals surface area contributed by atoms with Gasteiger partial charge in [-0.2, -0.15) is 13.2 Å². The predicted molar refractivity (Wildman–Crippen MR) is 99.3 cm³/mol. The van der Waals surface area contributed by atoms with E-state index in [-0.39, 0.29) is 12.1 Å². The molecule has 0 spiro atoms. The fraction of sp³-hybridized carbons (Fsp3) is 0.190. The first-order chi connectivity index (χ1) is 14.3. The van der Waals surface area contributed by atoms with Gasteiger partial charge in [-0.25, -0.2) is 14.4 Å². The number of nitrogens with zero attached hydrogens (tertiary/aromatic N) is 2. The van der Waals surface area contributed by atoms with Gasteiger partial charge in [-0.1, -0.05) is 0 Å². The third-order valence-corrected chi connectivity index (χ3v) is 4.70. The molecule has 4 rings (SSSR count). The number of carbonyl (C=O) groups is 1. The Labute approximate surface area is 168 Å². The van der Waals surface area contributed by atoms with Crippen molar-refractivity contribution in [3.8, 4) is 16.9 Å². The van der Waals surface area contributed by atoms with Crippen LogP contribution in [0.15, 0.2) is 55.1 Å². The molecule has 1 amide bonds. The first-order valence-corrected chi connectivity index (χ1v) is 9.01. The molecule has 0 saturated carbocycles. The molecule has 0 unspecified atom stereocenters. The zero-order chi connectivity index (χ0) is 21.3. The van der Waals surface area contributed by atoms with E-state index in [1.165, 1.54) is 18.5 Å². The molecule has 0 saturated heterocycles. The quantitative estimate of drug-likeness (QED) is 0.651. The Morgan fingerprint density at radius 1 is 1.13 bits per heavy atom.